The molecule has 6 aromatic rings. The van der Waals surface area contributed by atoms with Crippen molar-refractivity contribution in [1.29, 1.82) is 0 Å². The topological polar surface area (TPSA) is 54.3 Å². The Kier molecular flexibility index (Phi) is 7.91. The molecule has 0 aliphatic rings. The number of benzene rings is 4. The fourth-order valence-corrected chi connectivity index (χ4v) is 5.81. The van der Waals surface area contributed by atoms with E-state index in [9.17, 15) is 13.6 Å². The standard InChI is InChI=1S/C31H22F2N2O2S.CH4S/c1-34-25-16-26-23(28(31(36)35-2)29(37-26)17-9-11-21(32)12-10-17)15-22(25)18-5-3-6-19(13-18)27-14-20-7-4-8-24(33)30(20)38-27;1-2/h3-16,34H,1-2H3,(H,35,36);2H,1H3. The molecule has 0 radical (unpaired) electrons. The van der Waals surface area contributed by atoms with Crippen molar-refractivity contribution >= 4 is 56.6 Å². The number of amides is 1. The molecule has 0 saturated carbocycles. The molecule has 4 aromatic carbocycles. The van der Waals surface area contributed by atoms with Gasteiger partial charge in [0.05, 0.1) is 10.3 Å². The van der Waals surface area contributed by atoms with Gasteiger partial charge < -0.3 is 15.1 Å². The Balaban J connectivity index is 0.00000158. The number of hydrogen-bond donors (Lipinski definition) is 3. The maximum Gasteiger partial charge on any atom is 0.255 e. The molecule has 2 N–H and O–H groups in total. The Morgan fingerprint density at radius 1 is 0.850 bits per heavy atom. The molecule has 2 aromatic heterocycles. The first-order valence-corrected chi connectivity index (χ1v) is 14.2. The first kappa shape index (κ1) is 27.4. The summed E-state index contributed by atoms with van der Waals surface area (Å²) >= 11 is 4.95. The van der Waals surface area contributed by atoms with E-state index in [1.54, 1.807) is 31.5 Å². The molecule has 0 bridgehead atoms. The van der Waals surface area contributed by atoms with Gasteiger partial charge in [-0.25, -0.2) is 8.78 Å². The van der Waals surface area contributed by atoms with Gasteiger partial charge in [0.1, 0.15) is 23.0 Å². The highest BCUT2D eigenvalue weighted by atomic mass is 32.1. The van der Waals surface area contributed by atoms with Gasteiger partial charge in [-0.1, -0.05) is 30.3 Å². The van der Waals surface area contributed by atoms with Crippen LogP contribution in [-0.2, 0) is 0 Å². The summed E-state index contributed by atoms with van der Waals surface area (Å²) in [6.45, 7) is 0. The molecular weight excluding hydrogens is 546 g/mol. The molecule has 8 heteroatoms. The van der Waals surface area contributed by atoms with E-state index in [2.05, 4.69) is 29.3 Å². The smallest absolute Gasteiger partial charge is 0.255 e. The Labute approximate surface area is 240 Å². The quantitative estimate of drug-likeness (QED) is 0.181. The molecule has 40 heavy (non-hydrogen) atoms. The van der Waals surface area contributed by atoms with Crippen LogP contribution in [0.4, 0.5) is 14.5 Å². The molecule has 6 rings (SSSR count). The fourth-order valence-electron chi connectivity index (χ4n) is 4.75. The monoisotopic (exact) mass is 572 g/mol. The van der Waals surface area contributed by atoms with Crippen LogP contribution in [0, 0.1) is 11.6 Å². The van der Waals surface area contributed by atoms with Crippen molar-refractivity contribution in [2.45, 2.75) is 0 Å². The number of nitrogens with one attached hydrogen (secondary N) is 2. The Bertz CT molecular complexity index is 1840. The summed E-state index contributed by atoms with van der Waals surface area (Å²) in [5.41, 5.74) is 5.12. The van der Waals surface area contributed by atoms with Gasteiger partial charge in [0.2, 0.25) is 0 Å². The van der Waals surface area contributed by atoms with Crippen molar-refractivity contribution < 1.29 is 18.0 Å². The number of hydrogen-bond acceptors (Lipinski definition) is 5. The number of rotatable bonds is 5. The molecule has 0 aliphatic carbocycles. The fraction of sp³-hybridized carbons (Fsp3) is 0.0938. The largest absolute Gasteiger partial charge is 0.455 e. The average Bonchev–Trinajstić information content (AvgIpc) is 3.60. The molecule has 0 fully saturated rings. The average molecular weight is 573 g/mol. The number of furan rings is 1. The molecule has 0 saturated heterocycles. The lowest BCUT2D eigenvalue weighted by atomic mass is 9.97. The predicted molar refractivity (Wildman–Crippen MR) is 166 cm³/mol. The Morgan fingerprint density at radius 2 is 1.57 bits per heavy atom. The number of thiophene rings is 1. The van der Waals surface area contributed by atoms with E-state index in [0.717, 1.165) is 32.6 Å². The third-order valence-electron chi connectivity index (χ3n) is 6.61. The van der Waals surface area contributed by atoms with Gasteiger partial charge in [0, 0.05) is 47.2 Å². The minimum atomic E-state index is -0.368. The van der Waals surface area contributed by atoms with E-state index < -0.39 is 0 Å². The summed E-state index contributed by atoms with van der Waals surface area (Å²) in [6, 6.07) is 24.8. The summed E-state index contributed by atoms with van der Waals surface area (Å²) < 4.78 is 34.7. The van der Waals surface area contributed by atoms with Crippen LogP contribution in [0.1, 0.15) is 10.4 Å². The molecule has 4 nitrogen and oxygen atoms in total. The summed E-state index contributed by atoms with van der Waals surface area (Å²) in [5, 5.41) is 7.45. The van der Waals surface area contributed by atoms with Gasteiger partial charge in [0.25, 0.3) is 5.91 Å². The molecule has 0 aliphatic heterocycles. The molecular formula is C32H26F2N2O2S2. The van der Waals surface area contributed by atoms with Crippen LogP contribution in [0.5, 0.6) is 0 Å². The van der Waals surface area contributed by atoms with Crippen molar-refractivity contribution in [1.82, 2.24) is 5.32 Å². The maximum absolute atomic E-state index is 14.3. The summed E-state index contributed by atoms with van der Waals surface area (Å²) in [7, 11) is 3.39. The Hall–Kier alpha value is -4.14. The number of carbonyl (C=O) groups excluding carboxylic acids is 1. The maximum atomic E-state index is 14.3. The second-order valence-corrected chi connectivity index (χ2v) is 9.94. The molecule has 0 unspecified atom stereocenters. The van der Waals surface area contributed by atoms with E-state index in [4.69, 9.17) is 4.42 Å². The Morgan fingerprint density at radius 3 is 2.27 bits per heavy atom. The number of halogens is 2. The van der Waals surface area contributed by atoms with Gasteiger partial charge >= 0.3 is 0 Å². The van der Waals surface area contributed by atoms with Crippen LogP contribution < -0.4 is 10.6 Å². The van der Waals surface area contributed by atoms with Crippen LogP contribution in [0.2, 0.25) is 0 Å². The number of thiol groups is 1. The van der Waals surface area contributed by atoms with Gasteiger partial charge in [-0.15, -0.1) is 11.3 Å². The zero-order valence-electron chi connectivity index (χ0n) is 22.0. The van der Waals surface area contributed by atoms with Crippen molar-refractivity contribution in [3.63, 3.8) is 0 Å². The van der Waals surface area contributed by atoms with E-state index in [0.29, 0.717) is 32.6 Å². The van der Waals surface area contributed by atoms with E-state index in [1.807, 2.05) is 49.5 Å². The second kappa shape index (κ2) is 11.5. The van der Waals surface area contributed by atoms with Gasteiger partial charge in [-0.3, -0.25) is 4.79 Å². The van der Waals surface area contributed by atoms with Crippen molar-refractivity contribution in [3.05, 3.63) is 102 Å². The molecule has 202 valence electrons. The lowest BCUT2D eigenvalue weighted by molar-refractivity contribution is 0.0964. The van der Waals surface area contributed by atoms with Crippen LogP contribution in [0.15, 0.2) is 89.3 Å². The summed E-state index contributed by atoms with van der Waals surface area (Å²) in [6.07, 6.45) is 1.69. The lowest BCUT2D eigenvalue weighted by Crippen LogP contribution is -2.18. The lowest BCUT2D eigenvalue weighted by Gasteiger charge is -2.11. The second-order valence-electron chi connectivity index (χ2n) is 8.89. The number of fused-ring (bicyclic) bond motifs is 2. The third kappa shape index (κ3) is 4.96. The molecule has 1 amide bonds. The predicted octanol–water partition coefficient (Wildman–Crippen LogP) is 8.87. The summed E-state index contributed by atoms with van der Waals surface area (Å²) in [4.78, 5) is 14.0. The highest BCUT2D eigenvalue weighted by molar-refractivity contribution is 7.79. The van der Waals surface area contributed by atoms with Gasteiger partial charge in [-0.2, -0.15) is 12.6 Å². The van der Waals surface area contributed by atoms with Crippen molar-refractivity contribution in [3.8, 4) is 32.9 Å². The van der Waals surface area contributed by atoms with Gasteiger partial charge in [0.15, 0.2) is 0 Å². The van der Waals surface area contributed by atoms with Gasteiger partial charge in [-0.05, 0) is 71.3 Å². The highest BCUT2D eigenvalue weighted by Gasteiger charge is 2.23. The van der Waals surface area contributed by atoms with Crippen LogP contribution in [-0.4, -0.2) is 26.3 Å². The number of carbonyl (C=O) groups is 1. The molecule has 0 spiro atoms. The summed E-state index contributed by atoms with van der Waals surface area (Å²) in [5.74, 6) is -0.518. The first-order valence-electron chi connectivity index (χ1n) is 12.5. The van der Waals surface area contributed by atoms with Crippen molar-refractivity contribution in [2.75, 3.05) is 25.7 Å². The van der Waals surface area contributed by atoms with E-state index >= 15 is 0 Å². The van der Waals surface area contributed by atoms with Crippen LogP contribution in [0.25, 0.3) is 53.9 Å². The van der Waals surface area contributed by atoms with E-state index in [-0.39, 0.29) is 17.5 Å². The SMILES string of the molecule is CNC(=O)c1c(-c2ccc(F)cc2)oc2cc(NC)c(-c3cccc(-c4cc5cccc(F)c5s4)c3)cc12.CS. The molecule has 0 atom stereocenters. The molecule has 2 heterocycles. The number of anilines is 1. The third-order valence-corrected chi connectivity index (χ3v) is 7.82. The van der Waals surface area contributed by atoms with Crippen LogP contribution in [0.3, 0.4) is 0 Å². The minimum absolute atomic E-state index is 0.225. The van der Waals surface area contributed by atoms with E-state index in [1.165, 1.54) is 29.5 Å². The highest BCUT2D eigenvalue weighted by Crippen LogP contribution is 2.41. The first-order chi connectivity index (χ1) is 19.5. The zero-order valence-corrected chi connectivity index (χ0v) is 23.7. The van der Waals surface area contributed by atoms with Crippen LogP contribution >= 0.6 is 24.0 Å². The zero-order chi connectivity index (χ0) is 28.4. The minimum Gasteiger partial charge on any atom is -0.455 e. The van der Waals surface area contributed by atoms with Crippen molar-refractivity contribution in [2.24, 2.45) is 0 Å². The normalized spacial score (nSPS) is 10.8.